The number of thioether (sulfide) groups is 1. The molecule has 2 unspecified atom stereocenters. The summed E-state index contributed by atoms with van der Waals surface area (Å²) in [5, 5.41) is 0. The van der Waals surface area contributed by atoms with Crippen LogP contribution in [0.2, 0.25) is 0 Å². The van der Waals surface area contributed by atoms with Gasteiger partial charge in [0.1, 0.15) is 5.76 Å². The third-order valence-electron chi connectivity index (χ3n) is 3.34. The van der Waals surface area contributed by atoms with Crippen LogP contribution in [0.1, 0.15) is 36.2 Å². The summed E-state index contributed by atoms with van der Waals surface area (Å²) >= 11 is 1.99. The van der Waals surface area contributed by atoms with E-state index in [2.05, 4.69) is 23.5 Å². The van der Waals surface area contributed by atoms with Gasteiger partial charge in [0.05, 0.1) is 13.2 Å². The highest BCUT2D eigenvalue weighted by atomic mass is 32.2. The van der Waals surface area contributed by atoms with Crippen LogP contribution >= 0.6 is 11.8 Å². The quantitative estimate of drug-likeness (QED) is 0.789. The maximum Gasteiger partial charge on any atom is 0.373 e. The van der Waals surface area contributed by atoms with E-state index in [1.165, 1.54) is 7.11 Å². The summed E-state index contributed by atoms with van der Waals surface area (Å²) in [6.45, 7) is 5.40. The number of ether oxygens (including phenoxy) is 1. The Labute approximate surface area is 112 Å². The second-order valence-corrected chi connectivity index (χ2v) is 5.68. The Morgan fingerprint density at radius 3 is 3.06 bits per heavy atom. The van der Waals surface area contributed by atoms with Gasteiger partial charge in [0.25, 0.3) is 0 Å². The minimum absolute atomic E-state index is 0.194. The lowest BCUT2D eigenvalue weighted by Crippen LogP contribution is -2.41. The molecule has 1 aromatic rings. The van der Waals surface area contributed by atoms with Gasteiger partial charge in [-0.1, -0.05) is 0 Å². The number of nitrogens with zero attached hydrogens (tertiary/aromatic N) is 1. The van der Waals surface area contributed by atoms with Crippen molar-refractivity contribution in [3.05, 3.63) is 23.7 Å². The minimum Gasteiger partial charge on any atom is -0.463 e. The lowest BCUT2D eigenvalue weighted by molar-refractivity contribution is 0.0557. The van der Waals surface area contributed by atoms with Gasteiger partial charge in [0.2, 0.25) is 5.76 Å². The second kappa shape index (κ2) is 5.80. The number of carbonyl (C=O) groups is 1. The van der Waals surface area contributed by atoms with Crippen LogP contribution < -0.4 is 0 Å². The van der Waals surface area contributed by atoms with Gasteiger partial charge >= 0.3 is 5.97 Å². The topological polar surface area (TPSA) is 42.7 Å². The fourth-order valence-electron chi connectivity index (χ4n) is 2.27. The number of hydrogen-bond donors (Lipinski definition) is 0. The fraction of sp³-hybridized carbons (Fsp3) is 0.615. The predicted molar refractivity (Wildman–Crippen MR) is 72.0 cm³/mol. The Balaban J connectivity index is 2.10. The van der Waals surface area contributed by atoms with E-state index in [9.17, 15) is 4.79 Å². The smallest absolute Gasteiger partial charge is 0.373 e. The Bertz CT molecular complexity index is 418. The van der Waals surface area contributed by atoms with Crippen molar-refractivity contribution in [2.24, 2.45) is 0 Å². The van der Waals surface area contributed by atoms with Crippen molar-refractivity contribution in [1.82, 2.24) is 4.90 Å². The fourth-order valence-corrected chi connectivity index (χ4v) is 3.31. The molecule has 4 nitrogen and oxygen atoms in total. The molecule has 0 amide bonds. The van der Waals surface area contributed by atoms with Crippen LogP contribution in [0.4, 0.5) is 0 Å². The van der Waals surface area contributed by atoms with Crippen molar-refractivity contribution in [1.29, 1.82) is 0 Å². The average Bonchev–Trinajstić information content (AvgIpc) is 2.87. The first-order chi connectivity index (χ1) is 8.63. The third-order valence-corrected chi connectivity index (χ3v) is 4.53. The summed E-state index contributed by atoms with van der Waals surface area (Å²) in [5.74, 6) is 2.98. The second-order valence-electron chi connectivity index (χ2n) is 4.53. The van der Waals surface area contributed by atoms with Crippen LogP contribution in [0.25, 0.3) is 0 Å². The normalized spacial score (nSPS) is 22.7. The van der Waals surface area contributed by atoms with Crippen LogP contribution in [-0.4, -0.2) is 42.1 Å². The van der Waals surface area contributed by atoms with Crippen molar-refractivity contribution < 1.29 is 13.9 Å². The van der Waals surface area contributed by atoms with Gasteiger partial charge in [-0.15, -0.1) is 0 Å². The molecule has 1 fully saturated rings. The van der Waals surface area contributed by atoms with Crippen molar-refractivity contribution in [2.75, 3.05) is 25.2 Å². The summed E-state index contributed by atoms with van der Waals surface area (Å²) in [5.41, 5.74) is 0. The zero-order chi connectivity index (χ0) is 13.1. The number of carbonyl (C=O) groups excluding carboxylic acids is 1. The molecule has 0 spiro atoms. The van der Waals surface area contributed by atoms with Gasteiger partial charge in [-0.2, -0.15) is 11.8 Å². The Kier molecular flexibility index (Phi) is 4.35. The van der Waals surface area contributed by atoms with Crippen molar-refractivity contribution in [2.45, 2.75) is 25.9 Å². The van der Waals surface area contributed by atoms with E-state index in [4.69, 9.17) is 4.42 Å². The van der Waals surface area contributed by atoms with E-state index in [-0.39, 0.29) is 11.8 Å². The van der Waals surface area contributed by atoms with E-state index in [1.807, 2.05) is 17.8 Å². The summed E-state index contributed by atoms with van der Waals surface area (Å²) < 4.78 is 10.2. The number of esters is 1. The summed E-state index contributed by atoms with van der Waals surface area (Å²) in [4.78, 5) is 13.8. The Morgan fingerprint density at radius 1 is 1.61 bits per heavy atom. The SMILES string of the molecule is COC(=O)c1ccc(C(C)N2CCSCC2C)o1. The van der Waals surface area contributed by atoms with Gasteiger partial charge in [-0.25, -0.2) is 4.79 Å². The van der Waals surface area contributed by atoms with E-state index >= 15 is 0 Å². The molecule has 1 saturated heterocycles. The molecule has 0 aromatic carbocycles. The van der Waals surface area contributed by atoms with E-state index in [0.29, 0.717) is 6.04 Å². The zero-order valence-corrected chi connectivity index (χ0v) is 11.8. The first-order valence-corrected chi connectivity index (χ1v) is 7.30. The maximum absolute atomic E-state index is 11.4. The van der Waals surface area contributed by atoms with Crippen molar-refractivity contribution in [3.8, 4) is 0 Å². The van der Waals surface area contributed by atoms with Crippen LogP contribution in [0.3, 0.4) is 0 Å². The first-order valence-electron chi connectivity index (χ1n) is 6.15. The van der Waals surface area contributed by atoms with E-state index in [0.717, 1.165) is 23.8 Å². The number of rotatable bonds is 3. The van der Waals surface area contributed by atoms with E-state index < -0.39 is 5.97 Å². The molecule has 1 aliphatic rings. The average molecular weight is 269 g/mol. The van der Waals surface area contributed by atoms with Gasteiger partial charge in [-0.3, -0.25) is 4.90 Å². The molecule has 18 heavy (non-hydrogen) atoms. The summed E-state index contributed by atoms with van der Waals surface area (Å²) in [6.07, 6.45) is 0. The Hall–Kier alpha value is -0.940. The molecule has 1 aliphatic heterocycles. The molecular weight excluding hydrogens is 250 g/mol. The van der Waals surface area contributed by atoms with Crippen LogP contribution in [-0.2, 0) is 4.74 Å². The van der Waals surface area contributed by atoms with Crippen molar-refractivity contribution in [3.63, 3.8) is 0 Å². The maximum atomic E-state index is 11.4. The van der Waals surface area contributed by atoms with Gasteiger partial charge in [-0.05, 0) is 26.0 Å². The number of hydrogen-bond acceptors (Lipinski definition) is 5. The van der Waals surface area contributed by atoms with E-state index in [1.54, 1.807) is 6.07 Å². The highest BCUT2D eigenvalue weighted by Gasteiger charge is 2.26. The molecule has 0 bridgehead atoms. The molecular formula is C13H19NO3S. The molecule has 2 rings (SSSR count). The molecule has 0 aliphatic carbocycles. The summed E-state index contributed by atoms with van der Waals surface area (Å²) in [6, 6.07) is 4.27. The van der Waals surface area contributed by atoms with Gasteiger partial charge in [0, 0.05) is 24.1 Å². The first kappa shape index (κ1) is 13.5. The monoisotopic (exact) mass is 269 g/mol. The standard InChI is InChI=1S/C13H19NO3S/c1-9-8-18-7-6-14(9)10(2)11-4-5-12(17-11)13(15)16-3/h4-5,9-10H,6-8H2,1-3H3. The highest BCUT2D eigenvalue weighted by molar-refractivity contribution is 7.99. The largest absolute Gasteiger partial charge is 0.463 e. The molecule has 0 radical (unpaired) electrons. The highest BCUT2D eigenvalue weighted by Crippen LogP contribution is 2.28. The molecule has 0 N–H and O–H groups in total. The zero-order valence-electron chi connectivity index (χ0n) is 11.0. The van der Waals surface area contributed by atoms with Crippen LogP contribution in [0, 0.1) is 0 Å². The molecule has 0 saturated carbocycles. The summed E-state index contributed by atoms with van der Waals surface area (Å²) in [7, 11) is 1.36. The van der Waals surface area contributed by atoms with Gasteiger partial charge in [0.15, 0.2) is 0 Å². The van der Waals surface area contributed by atoms with Crippen LogP contribution in [0.15, 0.2) is 16.5 Å². The molecule has 5 heteroatoms. The molecule has 2 heterocycles. The lowest BCUT2D eigenvalue weighted by Gasteiger charge is -2.36. The Morgan fingerprint density at radius 2 is 2.39 bits per heavy atom. The van der Waals surface area contributed by atoms with Gasteiger partial charge < -0.3 is 9.15 Å². The number of furan rings is 1. The minimum atomic E-state index is -0.421. The number of methoxy groups -OCH3 is 1. The predicted octanol–water partition coefficient (Wildman–Crippen LogP) is 2.56. The van der Waals surface area contributed by atoms with Crippen molar-refractivity contribution >= 4 is 17.7 Å². The molecule has 2 atom stereocenters. The molecule has 100 valence electrons. The third kappa shape index (κ3) is 2.72. The van der Waals surface area contributed by atoms with Crippen LogP contribution in [0.5, 0.6) is 0 Å². The lowest BCUT2D eigenvalue weighted by atomic mass is 10.1. The molecule has 1 aromatic heterocycles.